The van der Waals surface area contributed by atoms with Crippen LogP contribution in [0, 0.1) is 0 Å². The van der Waals surface area contributed by atoms with E-state index < -0.39 is 0 Å². The predicted octanol–water partition coefficient (Wildman–Crippen LogP) is 2.70. The van der Waals surface area contributed by atoms with Crippen molar-refractivity contribution in [3.63, 3.8) is 0 Å². The third kappa shape index (κ3) is 2.55. The zero-order valence-corrected chi connectivity index (χ0v) is 13.5. The van der Waals surface area contributed by atoms with Crippen LogP contribution in [-0.2, 0) is 6.42 Å². The molecule has 1 aromatic rings. The molecule has 0 fully saturated rings. The molecule has 90 valence electrons. The first kappa shape index (κ1) is 13.4. The average Bonchev–Trinajstić information content (AvgIpc) is 2.24. The molecule has 1 N–H and O–H groups in total. The van der Waals surface area contributed by atoms with Gasteiger partial charge in [-0.2, -0.15) is 0 Å². The van der Waals surface area contributed by atoms with E-state index in [0.717, 1.165) is 13.0 Å². The monoisotopic (exact) mass is 455 g/mol. The number of hydrogen-bond acceptors (Lipinski definition) is 3. The van der Waals surface area contributed by atoms with E-state index in [1.54, 1.807) is 45.2 Å². The van der Waals surface area contributed by atoms with Gasteiger partial charge in [0, 0.05) is 68.8 Å². The van der Waals surface area contributed by atoms with Crippen molar-refractivity contribution in [2.75, 3.05) is 13.6 Å². The number of fused-ring (bicyclic) bond motifs is 1. The number of nitrogens with one attached hydrogen (secondary N) is 1. The van der Waals surface area contributed by atoms with Crippen LogP contribution in [-0.4, -0.2) is 21.2 Å². The van der Waals surface area contributed by atoms with Crippen molar-refractivity contribution < 1.29 is 9.59 Å². The second-order valence-corrected chi connectivity index (χ2v) is 6.06. The number of rotatable bonds is 4. The van der Waals surface area contributed by atoms with E-state index in [2.05, 4.69) is 5.32 Å². The summed E-state index contributed by atoms with van der Waals surface area (Å²) >= 11 is 3.47. The standard InChI is InChI=1S/C12H11I2NO2/c1-15-5-7-2-6-3-9(11(13)16)10(12(14)17)4-8(6)7/h3-4,7,15H,2,5H2,1H3/t7-/m1/s1. The van der Waals surface area contributed by atoms with Gasteiger partial charge in [0.15, 0.2) is 0 Å². The lowest BCUT2D eigenvalue weighted by Gasteiger charge is -2.31. The molecule has 5 heteroatoms. The second kappa shape index (κ2) is 5.31. The van der Waals surface area contributed by atoms with Crippen molar-refractivity contribution >= 4 is 52.8 Å². The molecule has 0 saturated heterocycles. The summed E-state index contributed by atoms with van der Waals surface area (Å²) in [5, 5.41) is 3.14. The number of carbonyl (C=O) groups is 2. The van der Waals surface area contributed by atoms with Crippen LogP contribution in [0.4, 0.5) is 0 Å². The fourth-order valence-corrected chi connectivity index (χ4v) is 3.11. The highest BCUT2D eigenvalue weighted by Gasteiger charge is 2.29. The van der Waals surface area contributed by atoms with Crippen molar-refractivity contribution in [2.45, 2.75) is 12.3 Å². The molecule has 0 aromatic heterocycles. The molecule has 0 heterocycles. The van der Waals surface area contributed by atoms with E-state index in [9.17, 15) is 9.59 Å². The maximum absolute atomic E-state index is 11.5. The van der Waals surface area contributed by atoms with Gasteiger partial charge in [-0.15, -0.1) is 0 Å². The average molecular weight is 455 g/mol. The highest BCUT2D eigenvalue weighted by molar-refractivity contribution is 14.1. The van der Waals surface area contributed by atoms with Crippen LogP contribution >= 0.6 is 45.2 Å². The first-order valence-corrected chi connectivity index (χ1v) is 7.41. The van der Waals surface area contributed by atoms with E-state index in [0.29, 0.717) is 17.0 Å². The molecular formula is C12H11I2NO2. The number of hydrogen-bond donors (Lipinski definition) is 1. The van der Waals surface area contributed by atoms with Crippen LogP contribution in [0.1, 0.15) is 37.8 Å². The minimum atomic E-state index is -0.0690. The van der Waals surface area contributed by atoms with E-state index in [4.69, 9.17) is 0 Å². The minimum absolute atomic E-state index is 0.0671. The molecule has 0 saturated carbocycles. The Kier molecular flexibility index (Phi) is 4.19. The van der Waals surface area contributed by atoms with E-state index in [1.807, 2.05) is 19.2 Å². The third-order valence-corrected chi connectivity index (χ3v) is 4.22. The van der Waals surface area contributed by atoms with Crippen LogP contribution in [0.25, 0.3) is 0 Å². The van der Waals surface area contributed by atoms with Crippen LogP contribution in [0.3, 0.4) is 0 Å². The topological polar surface area (TPSA) is 46.2 Å². The van der Waals surface area contributed by atoms with Gasteiger partial charge in [0.25, 0.3) is 0 Å². The lowest BCUT2D eigenvalue weighted by atomic mass is 9.76. The molecule has 1 aromatic carbocycles. The Hall–Kier alpha value is -0.0200. The summed E-state index contributed by atoms with van der Waals surface area (Å²) in [6, 6.07) is 3.77. The Morgan fingerprint density at radius 2 is 1.88 bits per heavy atom. The Bertz CT molecular complexity index is 500. The molecule has 2 rings (SSSR count). The second-order valence-electron chi connectivity index (χ2n) is 4.10. The molecule has 0 spiro atoms. The molecule has 0 aliphatic heterocycles. The zero-order valence-electron chi connectivity index (χ0n) is 9.22. The summed E-state index contributed by atoms with van der Waals surface area (Å²) in [4.78, 5) is 23.0. The molecular weight excluding hydrogens is 444 g/mol. The Balaban J connectivity index is 2.44. The summed E-state index contributed by atoms with van der Waals surface area (Å²) in [5.41, 5.74) is 3.50. The van der Waals surface area contributed by atoms with Crippen LogP contribution in [0.15, 0.2) is 12.1 Å². The number of benzene rings is 1. The van der Waals surface area contributed by atoms with Crippen molar-refractivity contribution in [1.82, 2.24) is 5.32 Å². The van der Waals surface area contributed by atoms with Gasteiger partial charge < -0.3 is 5.32 Å². The van der Waals surface area contributed by atoms with Crippen molar-refractivity contribution in [1.29, 1.82) is 0 Å². The third-order valence-electron chi connectivity index (χ3n) is 3.06. The van der Waals surface area contributed by atoms with E-state index in [1.165, 1.54) is 11.1 Å². The molecule has 0 amide bonds. The predicted molar refractivity (Wildman–Crippen MR) is 83.5 cm³/mol. The molecule has 1 aliphatic rings. The Labute approximate surface area is 127 Å². The van der Waals surface area contributed by atoms with Gasteiger partial charge in [0.2, 0.25) is 7.58 Å². The SMILES string of the molecule is CNC[C@H]1Cc2cc(C(=O)I)c(C(=O)I)cc21. The van der Waals surface area contributed by atoms with Gasteiger partial charge in [0.05, 0.1) is 0 Å². The molecule has 1 atom stereocenters. The number of likely N-dealkylation sites (N-methyl/N-ethyl adjacent to an activating group) is 1. The largest absolute Gasteiger partial charge is 0.319 e. The summed E-state index contributed by atoms with van der Waals surface area (Å²) in [7, 11) is 1.92. The quantitative estimate of drug-likeness (QED) is 0.562. The van der Waals surface area contributed by atoms with Crippen LogP contribution < -0.4 is 5.32 Å². The van der Waals surface area contributed by atoms with E-state index >= 15 is 0 Å². The van der Waals surface area contributed by atoms with Gasteiger partial charge >= 0.3 is 0 Å². The van der Waals surface area contributed by atoms with Gasteiger partial charge in [-0.05, 0) is 36.7 Å². The normalized spacial score (nSPS) is 17.2. The molecule has 3 nitrogen and oxygen atoms in total. The fourth-order valence-electron chi connectivity index (χ4n) is 2.22. The first-order valence-electron chi connectivity index (χ1n) is 5.25. The molecule has 0 radical (unpaired) electrons. The highest BCUT2D eigenvalue weighted by atomic mass is 127. The van der Waals surface area contributed by atoms with Gasteiger partial charge in [-0.25, -0.2) is 0 Å². The highest BCUT2D eigenvalue weighted by Crippen LogP contribution is 2.37. The number of carbonyl (C=O) groups excluding carboxylic acids is 2. The summed E-state index contributed by atoms with van der Waals surface area (Å²) < 4.78 is -0.136. The Morgan fingerprint density at radius 3 is 2.41 bits per heavy atom. The number of halogens is 2. The van der Waals surface area contributed by atoms with Crippen LogP contribution in [0.5, 0.6) is 0 Å². The fraction of sp³-hybridized carbons (Fsp3) is 0.333. The summed E-state index contributed by atoms with van der Waals surface area (Å²) in [6.45, 7) is 0.916. The molecule has 17 heavy (non-hydrogen) atoms. The smallest absolute Gasteiger partial charge is 0.223 e. The maximum Gasteiger partial charge on any atom is 0.223 e. The van der Waals surface area contributed by atoms with Gasteiger partial charge in [-0.1, -0.05) is 0 Å². The van der Waals surface area contributed by atoms with E-state index in [-0.39, 0.29) is 7.58 Å². The van der Waals surface area contributed by atoms with Crippen molar-refractivity contribution in [2.24, 2.45) is 0 Å². The van der Waals surface area contributed by atoms with Gasteiger partial charge in [-0.3, -0.25) is 9.59 Å². The van der Waals surface area contributed by atoms with Crippen LogP contribution in [0.2, 0.25) is 0 Å². The molecule has 1 aliphatic carbocycles. The van der Waals surface area contributed by atoms with Gasteiger partial charge in [0.1, 0.15) is 0 Å². The first-order chi connectivity index (χ1) is 8.04. The minimum Gasteiger partial charge on any atom is -0.319 e. The zero-order chi connectivity index (χ0) is 12.6. The molecule has 0 unspecified atom stereocenters. The lowest BCUT2D eigenvalue weighted by molar-refractivity contribution is 0.107. The summed E-state index contributed by atoms with van der Waals surface area (Å²) in [6.07, 6.45) is 0.989. The Morgan fingerprint density at radius 1 is 1.29 bits per heavy atom. The summed E-state index contributed by atoms with van der Waals surface area (Å²) in [5.74, 6) is 0.475. The van der Waals surface area contributed by atoms with Crippen molar-refractivity contribution in [3.8, 4) is 0 Å². The van der Waals surface area contributed by atoms with Crippen molar-refractivity contribution in [3.05, 3.63) is 34.4 Å². The molecule has 0 bridgehead atoms. The maximum atomic E-state index is 11.5. The lowest BCUT2D eigenvalue weighted by Crippen LogP contribution is -2.28.